The lowest BCUT2D eigenvalue weighted by Gasteiger charge is -2.30. The number of benzene rings is 10. The number of nitrogens with one attached hydrogen (secondary N) is 1. The van der Waals surface area contributed by atoms with Gasteiger partial charge in [-0.2, -0.15) is 0 Å². The maximum absolute atomic E-state index is 6.52. The van der Waals surface area contributed by atoms with Crippen molar-refractivity contribution < 1.29 is 4.42 Å². The van der Waals surface area contributed by atoms with Crippen LogP contribution in [-0.4, -0.2) is 0 Å². The van der Waals surface area contributed by atoms with Gasteiger partial charge in [0.1, 0.15) is 11.2 Å². The molecule has 3 heteroatoms. The molecule has 0 aliphatic carbocycles. The van der Waals surface area contributed by atoms with Crippen LogP contribution in [0.2, 0.25) is 0 Å². The summed E-state index contributed by atoms with van der Waals surface area (Å²) in [7, 11) is 0. The van der Waals surface area contributed by atoms with Crippen LogP contribution in [0.1, 0.15) is 12.5 Å². The first-order chi connectivity index (χ1) is 33.2. The molecule has 0 saturated carbocycles. The summed E-state index contributed by atoms with van der Waals surface area (Å²) < 4.78 is 6.52. The van der Waals surface area contributed by atoms with Gasteiger partial charge in [-0.15, -0.1) is 0 Å². The molecule has 10 aromatic carbocycles. The molecule has 0 radical (unpaired) electrons. The van der Waals surface area contributed by atoms with E-state index in [0.29, 0.717) is 0 Å². The molecule has 1 N–H and O–H groups in total. The second-order valence-corrected chi connectivity index (χ2v) is 16.8. The molecule has 1 aromatic heterocycles. The van der Waals surface area contributed by atoms with E-state index in [4.69, 9.17) is 4.42 Å². The molecule has 0 fully saturated rings. The lowest BCUT2D eigenvalue weighted by Crippen LogP contribution is -2.12. The molecule has 0 spiro atoms. The average molecular weight is 861 g/mol. The van der Waals surface area contributed by atoms with Gasteiger partial charge in [0.2, 0.25) is 0 Å². The Bertz CT molecular complexity index is 3610. The standard InChI is InChI=1S/C64H48N2O/c1-2-3-4-5-23-47-24-7-15-36-59(47)65-60-37-16-11-29-54(60)52-27-9-10-28-53(52)56-31-13-18-39-62(56)66(61-38-17-12-30-55(61)51-34-20-25-45-22-6-8-26-49(45)51)48-43-41-46(42-44-48)50-33-21-35-58-57-32-14-19-40-63(57)67-64(50)58/h2-22,24-44,65H,23H2,1H3/b3-2-,5-4-. The Kier molecular flexibility index (Phi) is 11.3. The summed E-state index contributed by atoms with van der Waals surface area (Å²) in [6, 6.07) is 82.7. The molecule has 0 aliphatic rings. The van der Waals surface area contributed by atoms with Crippen molar-refractivity contribution >= 4 is 61.1 Å². The zero-order valence-electron chi connectivity index (χ0n) is 37.3. The Morgan fingerprint density at radius 2 is 0.955 bits per heavy atom. The molecule has 11 aromatic rings. The summed E-state index contributed by atoms with van der Waals surface area (Å²) in [5.74, 6) is 0. The van der Waals surface area contributed by atoms with Crippen molar-refractivity contribution in [2.75, 3.05) is 10.2 Å². The summed E-state index contributed by atoms with van der Waals surface area (Å²) in [4.78, 5) is 2.44. The van der Waals surface area contributed by atoms with Crippen molar-refractivity contribution in [3.05, 3.63) is 260 Å². The fraction of sp³-hybridized carbons (Fsp3) is 0.0312. The van der Waals surface area contributed by atoms with Gasteiger partial charge in [0.05, 0.1) is 11.4 Å². The van der Waals surface area contributed by atoms with E-state index in [1.165, 1.54) is 21.9 Å². The van der Waals surface area contributed by atoms with Crippen molar-refractivity contribution in [3.63, 3.8) is 0 Å². The molecule has 0 unspecified atom stereocenters. The summed E-state index contributed by atoms with van der Waals surface area (Å²) in [5.41, 5.74) is 17.4. The quantitative estimate of drug-likeness (QED) is 0.124. The largest absolute Gasteiger partial charge is 0.455 e. The molecule has 67 heavy (non-hydrogen) atoms. The average Bonchev–Trinajstić information content (AvgIpc) is 3.78. The molecule has 1 heterocycles. The minimum absolute atomic E-state index is 0.826. The number of hydrogen-bond acceptors (Lipinski definition) is 3. The van der Waals surface area contributed by atoms with Crippen LogP contribution in [0.25, 0.3) is 77.2 Å². The van der Waals surface area contributed by atoms with Crippen molar-refractivity contribution in [1.29, 1.82) is 0 Å². The number of para-hydroxylation sites is 6. The Morgan fingerprint density at radius 3 is 1.73 bits per heavy atom. The fourth-order valence-corrected chi connectivity index (χ4v) is 9.56. The highest BCUT2D eigenvalue weighted by Crippen LogP contribution is 2.48. The number of allylic oxidation sites excluding steroid dienone is 4. The maximum atomic E-state index is 6.52. The molecular formula is C64H48N2O. The molecule has 0 amide bonds. The van der Waals surface area contributed by atoms with Gasteiger partial charge in [-0.3, -0.25) is 0 Å². The highest BCUT2D eigenvalue weighted by Gasteiger charge is 2.23. The number of rotatable bonds is 12. The second-order valence-electron chi connectivity index (χ2n) is 16.8. The van der Waals surface area contributed by atoms with Crippen LogP contribution in [0.5, 0.6) is 0 Å². The monoisotopic (exact) mass is 860 g/mol. The summed E-state index contributed by atoms with van der Waals surface area (Å²) in [6.07, 6.45) is 9.27. The van der Waals surface area contributed by atoms with Crippen molar-refractivity contribution in [1.82, 2.24) is 0 Å². The van der Waals surface area contributed by atoms with Crippen LogP contribution < -0.4 is 10.2 Å². The van der Waals surface area contributed by atoms with Crippen molar-refractivity contribution in [2.24, 2.45) is 0 Å². The molecule has 320 valence electrons. The lowest BCUT2D eigenvalue weighted by molar-refractivity contribution is 0.670. The SMILES string of the molecule is C/C=C\C=C/Cc1ccccc1Nc1ccccc1-c1ccccc1-c1ccccc1N(c1ccc(-c2cccc3c2oc2ccccc23)cc1)c1ccccc1-c1cccc2ccccc12. The normalized spacial score (nSPS) is 11.6. The van der Waals surface area contributed by atoms with Crippen LogP contribution in [0.15, 0.2) is 259 Å². The van der Waals surface area contributed by atoms with Gasteiger partial charge < -0.3 is 14.6 Å². The Morgan fingerprint density at radius 1 is 0.418 bits per heavy atom. The summed E-state index contributed by atoms with van der Waals surface area (Å²) in [6.45, 7) is 2.04. The van der Waals surface area contributed by atoms with Crippen LogP contribution in [-0.2, 0) is 6.42 Å². The minimum Gasteiger partial charge on any atom is -0.455 e. The first-order valence-electron chi connectivity index (χ1n) is 23.0. The van der Waals surface area contributed by atoms with Gasteiger partial charge in [-0.1, -0.05) is 212 Å². The minimum atomic E-state index is 0.826. The molecule has 0 atom stereocenters. The van der Waals surface area contributed by atoms with Gasteiger partial charge in [-0.05, 0) is 94.4 Å². The van der Waals surface area contributed by atoms with Crippen LogP contribution in [0.4, 0.5) is 28.4 Å². The highest BCUT2D eigenvalue weighted by atomic mass is 16.3. The van der Waals surface area contributed by atoms with Gasteiger partial charge >= 0.3 is 0 Å². The number of fused-ring (bicyclic) bond motifs is 4. The van der Waals surface area contributed by atoms with E-state index in [0.717, 1.165) is 95.7 Å². The maximum Gasteiger partial charge on any atom is 0.143 e. The van der Waals surface area contributed by atoms with E-state index >= 15 is 0 Å². The van der Waals surface area contributed by atoms with Crippen LogP contribution >= 0.6 is 0 Å². The Labute approximate surface area is 392 Å². The first-order valence-corrected chi connectivity index (χ1v) is 23.0. The summed E-state index contributed by atoms with van der Waals surface area (Å²) >= 11 is 0. The molecule has 3 nitrogen and oxygen atoms in total. The van der Waals surface area contributed by atoms with E-state index < -0.39 is 0 Å². The zero-order chi connectivity index (χ0) is 44.9. The van der Waals surface area contributed by atoms with Gasteiger partial charge in [0.25, 0.3) is 0 Å². The Hall–Kier alpha value is -8.66. The van der Waals surface area contributed by atoms with E-state index in [1.807, 2.05) is 19.1 Å². The number of hydrogen-bond donors (Lipinski definition) is 1. The number of furan rings is 1. The fourth-order valence-electron chi connectivity index (χ4n) is 9.56. The van der Waals surface area contributed by atoms with Crippen LogP contribution in [0, 0.1) is 0 Å². The zero-order valence-corrected chi connectivity index (χ0v) is 37.3. The molecule has 0 aliphatic heterocycles. The predicted octanol–water partition coefficient (Wildman–Crippen LogP) is 18.3. The number of nitrogens with zero attached hydrogens (tertiary/aromatic N) is 1. The highest BCUT2D eigenvalue weighted by molar-refractivity contribution is 6.10. The topological polar surface area (TPSA) is 28.4 Å². The van der Waals surface area contributed by atoms with Crippen molar-refractivity contribution in [2.45, 2.75) is 13.3 Å². The smallest absolute Gasteiger partial charge is 0.143 e. The molecule has 11 rings (SSSR count). The number of anilines is 5. The third kappa shape index (κ3) is 7.98. The van der Waals surface area contributed by atoms with Crippen molar-refractivity contribution in [3.8, 4) is 44.5 Å². The van der Waals surface area contributed by atoms with Gasteiger partial charge in [0.15, 0.2) is 0 Å². The van der Waals surface area contributed by atoms with Gasteiger partial charge in [-0.25, -0.2) is 0 Å². The lowest BCUT2D eigenvalue weighted by atomic mass is 9.91. The Balaban J connectivity index is 1.07. The summed E-state index contributed by atoms with van der Waals surface area (Å²) in [5, 5.41) is 8.52. The molecule has 0 bridgehead atoms. The molecule has 0 saturated heterocycles. The van der Waals surface area contributed by atoms with E-state index in [9.17, 15) is 0 Å². The third-order valence-corrected chi connectivity index (χ3v) is 12.7. The van der Waals surface area contributed by atoms with Crippen LogP contribution in [0.3, 0.4) is 0 Å². The second kappa shape index (κ2) is 18.4. The third-order valence-electron chi connectivity index (χ3n) is 12.7. The predicted molar refractivity (Wildman–Crippen MR) is 285 cm³/mol. The van der Waals surface area contributed by atoms with Gasteiger partial charge in [0, 0.05) is 50.1 Å². The first kappa shape index (κ1) is 41.1. The van der Waals surface area contributed by atoms with E-state index in [1.54, 1.807) is 0 Å². The van der Waals surface area contributed by atoms with E-state index in [2.05, 4.69) is 253 Å². The molecular weight excluding hydrogens is 813 g/mol. The van der Waals surface area contributed by atoms with E-state index in [-0.39, 0.29) is 0 Å².